The minimum Gasteiger partial charge on any atom is -0.351 e. The Labute approximate surface area is 181 Å². The first-order valence-electron chi connectivity index (χ1n) is 10.1. The number of aromatic nitrogens is 2. The summed E-state index contributed by atoms with van der Waals surface area (Å²) in [7, 11) is 0. The van der Waals surface area contributed by atoms with Crippen molar-refractivity contribution in [2.24, 2.45) is 5.41 Å². The van der Waals surface area contributed by atoms with Crippen molar-refractivity contribution in [3.63, 3.8) is 0 Å². The molecule has 0 aromatic carbocycles. The fourth-order valence-corrected chi connectivity index (χ4v) is 3.43. The molecule has 1 aromatic heterocycles. The van der Waals surface area contributed by atoms with Crippen LogP contribution in [0.2, 0.25) is 0 Å². The van der Waals surface area contributed by atoms with Crippen molar-refractivity contribution in [2.45, 2.75) is 53.1 Å². The molecule has 0 aliphatic carbocycles. The average Bonchev–Trinajstić information content (AvgIpc) is 3.24. The van der Waals surface area contributed by atoms with E-state index in [0.29, 0.717) is 6.54 Å². The number of carbonyl (C=O) groups is 1. The van der Waals surface area contributed by atoms with E-state index in [1.807, 2.05) is 19.1 Å². The number of hydrogen-bond acceptors (Lipinski definition) is 4. The molecule has 0 saturated carbocycles. The van der Waals surface area contributed by atoms with Gasteiger partial charge in [0.05, 0.1) is 0 Å². The van der Waals surface area contributed by atoms with E-state index < -0.39 is 18.0 Å². The molecule has 1 unspecified atom stereocenters. The molecular weight excluding hydrogens is 407 g/mol. The summed E-state index contributed by atoms with van der Waals surface area (Å²) in [6.45, 7) is 15.6. The van der Waals surface area contributed by atoms with Gasteiger partial charge in [0.2, 0.25) is 5.82 Å². The van der Waals surface area contributed by atoms with E-state index >= 15 is 0 Å². The van der Waals surface area contributed by atoms with E-state index in [0.717, 1.165) is 24.8 Å². The van der Waals surface area contributed by atoms with E-state index in [1.54, 1.807) is 6.92 Å². The van der Waals surface area contributed by atoms with Crippen LogP contribution in [0.1, 0.15) is 58.7 Å². The van der Waals surface area contributed by atoms with Crippen LogP contribution in [0.3, 0.4) is 0 Å². The number of rotatable bonds is 11. The van der Waals surface area contributed by atoms with Gasteiger partial charge in [0, 0.05) is 23.1 Å². The number of allylic oxidation sites excluding steroid dienone is 5. The maximum Gasteiger partial charge on any atom is 0.471 e. The minimum atomic E-state index is -4.75. The van der Waals surface area contributed by atoms with Gasteiger partial charge in [0.25, 0.3) is 5.91 Å². The molecule has 1 atom stereocenters. The normalized spacial score (nSPS) is 15.4. The topological polar surface area (TPSA) is 68.0 Å². The highest BCUT2D eigenvalue weighted by Crippen LogP contribution is 2.36. The van der Waals surface area contributed by atoms with Crippen LogP contribution < -0.4 is 5.32 Å². The Hall–Kier alpha value is -2.90. The Morgan fingerprint density at radius 2 is 1.84 bits per heavy atom. The summed E-state index contributed by atoms with van der Waals surface area (Å²) in [6.07, 6.45) is 5.87. The molecule has 0 bridgehead atoms. The van der Waals surface area contributed by atoms with Gasteiger partial charge in [-0.1, -0.05) is 62.9 Å². The number of amides is 1. The third kappa shape index (κ3) is 6.54. The van der Waals surface area contributed by atoms with Crippen molar-refractivity contribution < 1.29 is 22.5 Å². The van der Waals surface area contributed by atoms with E-state index in [9.17, 15) is 18.0 Å². The zero-order chi connectivity index (χ0) is 23.7. The average molecular weight is 438 g/mol. The highest BCUT2D eigenvalue weighted by molar-refractivity contribution is 5.98. The molecule has 1 rings (SSSR count). The fraction of sp³-hybridized carbons (Fsp3) is 0.435. The van der Waals surface area contributed by atoms with Gasteiger partial charge in [-0.2, -0.15) is 18.2 Å². The standard InChI is InChI=1S/C23H30F3N3O2/c1-7-13-22(12-6,18(10-4)11-5)15-27-20(30)17(9-3)14-16(8-2)19-28-21(31-29-19)23(24,25)26/h8-11,14H,3-4,7,12-13,15H2,1-2,5-6H3,(H,27,30)/b16-8+,17-14+,18-11+. The number of halogens is 3. The predicted molar refractivity (Wildman–Crippen MR) is 116 cm³/mol. The van der Waals surface area contributed by atoms with Gasteiger partial charge in [-0.15, -0.1) is 0 Å². The molecule has 5 nitrogen and oxygen atoms in total. The number of hydrogen-bond donors (Lipinski definition) is 1. The Bertz CT molecular complexity index is 879. The summed E-state index contributed by atoms with van der Waals surface area (Å²) >= 11 is 0. The predicted octanol–water partition coefficient (Wildman–Crippen LogP) is 6.05. The van der Waals surface area contributed by atoms with Crippen molar-refractivity contribution in [2.75, 3.05) is 6.54 Å². The van der Waals surface area contributed by atoms with E-state index in [1.165, 1.54) is 18.2 Å². The van der Waals surface area contributed by atoms with Crippen molar-refractivity contribution >= 4 is 11.5 Å². The zero-order valence-corrected chi connectivity index (χ0v) is 18.5. The molecular formula is C23H30F3N3O2. The van der Waals surface area contributed by atoms with Crippen molar-refractivity contribution in [3.8, 4) is 0 Å². The molecule has 0 spiro atoms. The Kier molecular flexibility index (Phi) is 9.68. The van der Waals surface area contributed by atoms with Crippen LogP contribution in [-0.2, 0) is 11.0 Å². The second kappa shape index (κ2) is 11.5. The molecule has 0 saturated heterocycles. The monoisotopic (exact) mass is 437 g/mol. The lowest BCUT2D eigenvalue weighted by atomic mass is 9.73. The molecule has 0 aliphatic heterocycles. The number of nitrogens with zero attached hydrogens (tertiary/aromatic N) is 2. The second-order valence-corrected chi connectivity index (χ2v) is 6.98. The van der Waals surface area contributed by atoms with Crippen LogP contribution in [-0.4, -0.2) is 22.6 Å². The lowest BCUT2D eigenvalue weighted by Gasteiger charge is -2.34. The summed E-state index contributed by atoms with van der Waals surface area (Å²) in [6, 6.07) is 0. The summed E-state index contributed by atoms with van der Waals surface area (Å²) in [4.78, 5) is 16.2. The molecule has 0 fully saturated rings. The van der Waals surface area contributed by atoms with Gasteiger partial charge in [0.15, 0.2) is 0 Å². The minimum absolute atomic E-state index is 0.175. The Balaban J connectivity index is 3.13. The van der Waals surface area contributed by atoms with E-state index in [2.05, 4.69) is 47.0 Å². The van der Waals surface area contributed by atoms with E-state index in [-0.39, 0.29) is 22.4 Å². The molecule has 8 heteroatoms. The smallest absolute Gasteiger partial charge is 0.351 e. The second-order valence-electron chi connectivity index (χ2n) is 6.98. The molecule has 31 heavy (non-hydrogen) atoms. The maximum atomic E-state index is 12.8. The maximum absolute atomic E-state index is 12.8. The largest absolute Gasteiger partial charge is 0.471 e. The molecule has 0 radical (unpaired) electrons. The SMILES string of the molecule is C=C/C(=C\C(=C/C)c1noc(C(F)(F)F)n1)C(=O)NCC(CC)(CCC)/C(C=C)=C/C. The molecule has 1 aromatic rings. The van der Waals surface area contributed by atoms with Crippen molar-refractivity contribution in [1.29, 1.82) is 0 Å². The third-order valence-corrected chi connectivity index (χ3v) is 5.17. The van der Waals surface area contributed by atoms with Crippen molar-refractivity contribution in [1.82, 2.24) is 15.5 Å². The molecule has 170 valence electrons. The van der Waals surface area contributed by atoms with E-state index in [4.69, 9.17) is 0 Å². The van der Waals surface area contributed by atoms with Crippen LogP contribution in [0.15, 0.2) is 59.2 Å². The lowest BCUT2D eigenvalue weighted by Crippen LogP contribution is -2.38. The van der Waals surface area contributed by atoms with Crippen molar-refractivity contribution in [3.05, 3.63) is 66.4 Å². The van der Waals surface area contributed by atoms with Crippen LogP contribution >= 0.6 is 0 Å². The Morgan fingerprint density at radius 3 is 2.26 bits per heavy atom. The Morgan fingerprint density at radius 1 is 1.16 bits per heavy atom. The summed E-state index contributed by atoms with van der Waals surface area (Å²) in [5, 5.41) is 6.30. The molecule has 1 amide bonds. The van der Waals surface area contributed by atoms with Gasteiger partial charge in [-0.25, -0.2) is 0 Å². The molecule has 0 aliphatic rings. The number of carbonyl (C=O) groups excluding carboxylic acids is 1. The van der Waals surface area contributed by atoms with Crippen LogP contribution in [0, 0.1) is 5.41 Å². The summed E-state index contributed by atoms with van der Waals surface area (Å²) in [5.74, 6) is -2.11. The number of alkyl halides is 3. The highest BCUT2D eigenvalue weighted by atomic mass is 19.4. The third-order valence-electron chi connectivity index (χ3n) is 5.17. The number of nitrogens with one attached hydrogen (secondary N) is 1. The first kappa shape index (κ1) is 26.1. The summed E-state index contributed by atoms with van der Waals surface area (Å²) in [5.41, 5.74) is 1.18. The zero-order valence-electron chi connectivity index (χ0n) is 18.5. The van der Waals surface area contributed by atoms with Gasteiger partial charge < -0.3 is 9.84 Å². The van der Waals surface area contributed by atoms with Gasteiger partial charge >= 0.3 is 12.1 Å². The molecule has 1 N–H and O–H groups in total. The van der Waals surface area contributed by atoms with Gasteiger partial charge in [0.1, 0.15) is 0 Å². The molecule has 1 heterocycles. The first-order chi connectivity index (χ1) is 14.6. The quantitative estimate of drug-likeness (QED) is 0.338. The van der Waals surface area contributed by atoms with Crippen LogP contribution in [0.5, 0.6) is 0 Å². The highest BCUT2D eigenvalue weighted by Gasteiger charge is 2.38. The summed E-state index contributed by atoms with van der Waals surface area (Å²) < 4.78 is 42.5. The van der Waals surface area contributed by atoms with Crippen LogP contribution in [0.4, 0.5) is 13.2 Å². The van der Waals surface area contributed by atoms with Gasteiger partial charge in [-0.3, -0.25) is 4.79 Å². The van der Waals surface area contributed by atoms with Crippen LogP contribution in [0.25, 0.3) is 5.57 Å². The lowest BCUT2D eigenvalue weighted by molar-refractivity contribution is -0.159. The van der Waals surface area contributed by atoms with Gasteiger partial charge in [-0.05, 0) is 38.3 Å². The first-order valence-corrected chi connectivity index (χ1v) is 10.1. The fourth-order valence-electron chi connectivity index (χ4n) is 3.43.